The smallest absolute Gasteiger partial charge is 0.308 e. The van der Waals surface area contributed by atoms with Crippen molar-refractivity contribution < 1.29 is 19.4 Å². The maximum Gasteiger partial charge on any atom is 0.308 e. The Hall–Kier alpha value is -2.04. The number of hydrogen-bond acceptors (Lipinski definition) is 3. The van der Waals surface area contributed by atoms with Crippen LogP contribution in [0.25, 0.3) is 0 Å². The zero-order chi connectivity index (χ0) is 13.4. The third-order valence-corrected chi connectivity index (χ3v) is 3.87. The van der Waals surface area contributed by atoms with E-state index in [9.17, 15) is 9.59 Å². The fourth-order valence-electron chi connectivity index (χ4n) is 2.76. The Balaban J connectivity index is 1.92. The van der Waals surface area contributed by atoms with Crippen LogP contribution in [0, 0.1) is 5.92 Å². The molecule has 0 aliphatic carbocycles. The molecule has 2 unspecified atom stereocenters. The van der Waals surface area contributed by atoms with Gasteiger partial charge >= 0.3 is 5.97 Å². The van der Waals surface area contributed by atoms with Gasteiger partial charge in [0.15, 0.2) is 0 Å². The van der Waals surface area contributed by atoms with E-state index in [0.29, 0.717) is 30.8 Å². The summed E-state index contributed by atoms with van der Waals surface area (Å²) < 4.78 is 5.67. The fraction of sp³-hybridized carbons (Fsp3) is 0.429. The number of para-hydroxylation sites is 1. The molecule has 0 aromatic heterocycles. The van der Waals surface area contributed by atoms with E-state index in [-0.39, 0.29) is 18.5 Å². The number of ether oxygens (including phenoxy) is 1. The number of fused-ring (bicyclic) bond motifs is 2. The molecule has 0 spiro atoms. The third-order valence-electron chi connectivity index (χ3n) is 3.87. The van der Waals surface area contributed by atoms with Gasteiger partial charge in [0, 0.05) is 6.54 Å². The van der Waals surface area contributed by atoms with Crippen LogP contribution in [0.4, 0.5) is 0 Å². The van der Waals surface area contributed by atoms with Crippen molar-refractivity contribution in [1.82, 2.24) is 4.90 Å². The lowest BCUT2D eigenvalue weighted by Gasteiger charge is -2.36. The highest BCUT2D eigenvalue weighted by atomic mass is 16.5. The number of carboxylic acid groups (broad SMARTS) is 1. The maximum absolute atomic E-state index is 12.5. The number of aliphatic carboxylic acids is 1. The van der Waals surface area contributed by atoms with Gasteiger partial charge in [-0.3, -0.25) is 9.59 Å². The van der Waals surface area contributed by atoms with E-state index in [4.69, 9.17) is 9.84 Å². The topological polar surface area (TPSA) is 66.8 Å². The van der Waals surface area contributed by atoms with E-state index < -0.39 is 11.9 Å². The van der Waals surface area contributed by atoms with Crippen molar-refractivity contribution in [2.75, 3.05) is 13.2 Å². The molecule has 19 heavy (non-hydrogen) atoms. The Bertz CT molecular complexity index is 528. The normalized spacial score (nSPS) is 25.9. The minimum atomic E-state index is -0.829. The monoisotopic (exact) mass is 261 g/mol. The van der Waals surface area contributed by atoms with Crippen molar-refractivity contribution in [3.8, 4) is 5.75 Å². The molecule has 2 atom stereocenters. The molecule has 100 valence electrons. The lowest BCUT2D eigenvalue weighted by atomic mass is 9.92. The average molecular weight is 261 g/mol. The van der Waals surface area contributed by atoms with Crippen molar-refractivity contribution in [3.63, 3.8) is 0 Å². The largest absolute Gasteiger partial charge is 0.491 e. The van der Waals surface area contributed by atoms with Crippen LogP contribution in [0.3, 0.4) is 0 Å². The molecule has 1 N–H and O–H groups in total. The van der Waals surface area contributed by atoms with Crippen molar-refractivity contribution in [3.05, 3.63) is 29.8 Å². The first kappa shape index (κ1) is 12.0. The second-order valence-electron chi connectivity index (χ2n) is 5.03. The Morgan fingerprint density at radius 3 is 2.89 bits per heavy atom. The van der Waals surface area contributed by atoms with Crippen LogP contribution in [0.2, 0.25) is 0 Å². The molecule has 0 saturated carbocycles. The van der Waals surface area contributed by atoms with Crippen LogP contribution in [0.1, 0.15) is 23.2 Å². The second kappa shape index (κ2) is 4.57. The number of nitrogens with zero attached hydrogens (tertiary/aromatic N) is 1. The molecule has 0 bridgehead atoms. The Labute approximate surface area is 110 Å². The first-order chi connectivity index (χ1) is 9.16. The molecule has 1 aromatic carbocycles. The second-order valence-corrected chi connectivity index (χ2v) is 5.03. The number of piperidine rings is 1. The molecule has 3 rings (SSSR count). The van der Waals surface area contributed by atoms with E-state index >= 15 is 0 Å². The Morgan fingerprint density at radius 2 is 2.11 bits per heavy atom. The van der Waals surface area contributed by atoms with Crippen LogP contribution in [-0.2, 0) is 4.79 Å². The highest BCUT2D eigenvalue weighted by molar-refractivity contribution is 5.97. The van der Waals surface area contributed by atoms with Crippen LogP contribution in [0.5, 0.6) is 5.75 Å². The summed E-state index contributed by atoms with van der Waals surface area (Å²) in [7, 11) is 0. The summed E-state index contributed by atoms with van der Waals surface area (Å²) in [6.45, 7) is 0.714. The van der Waals surface area contributed by atoms with Gasteiger partial charge in [0.1, 0.15) is 12.4 Å². The minimum Gasteiger partial charge on any atom is -0.491 e. The minimum absolute atomic E-state index is 0.0181. The van der Waals surface area contributed by atoms with Gasteiger partial charge in [-0.1, -0.05) is 12.1 Å². The zero-order valence-electron chi connectivity index (χ0n) is 10.4. The summed E-state index contributed by atoms with van der Waals surface area (Å²) in [4.78, 5) is 25.3. The standard InChI is InChI=1S/C14H15NO4/c16-13-11-3-1-2-4-12(11)19-8-10-6-5-9(14(17)18)7-15(10)13/h1-4,9-10H,5-8H2,(H,17,18). The molecule has 2 aliphatic rings. The van der Waals surface area contributed by atoms with Gasteiger partial charge in [-0.15, -0.1) is 0 Å². The van der Waals surface area contributed by atoms with Gasteiger partial charge in [0.05, 0.1) is 17.5 Å². The lowest BCUT2D eigenvalue weighted by molar-refractivity contribution is -0.143. The summed E-state index contributed by atoms with van der Waals surface area (Å²) in [5, 5.41) is 9.11. The highest BCUT2D eigenvalue weighted by Crippen LogP contribution is 2.30. The molecule has 1 saturated heterocycles. The number of hydrogen-bond donors (Lipinski definition) is 1. The molecule has 1 aromatic rings. The van der Waals surface area contributed by atoms with E-state index in [0.717, 1.165) is 0 Å². The van der Waals surface area contributed by atoms with Gasteiger partial charge in [0.25, 0.3) is 5.91 Å². The first-order valence-corrected chi connectivity index (χ1v) is 6.42. The SMILES string of the molecule is O=C(O)C1CCC2COc3ccccc3C(=O)N2C1. The van der Waals surface area contributed by atoms with Crippen LogP contribution < -0.4 is 4.74 Å². The number of carbonyl (C=O) groups excluding carboxylic acids is 1. The molecule has 5 nitrogen and oxygen atoms in total. The number of amides is 1. The summed E-state index contributed by atoms with van der Waals surface area (Å²) in [5.41, 5.74) is 0.524. The quantitative estimate of drug-likeness (QED) is 0.829. The van der Waals surface area contributed by atoms with Crippen molar-refractivity contribution in [2.45, 2.75) is 18.9 Å². The molecule has 5 heteroatoms. The van der Waals surface area contributed by atoms with Gasteiger partial charge in [-0.25, -0.2) is 0 Å². The molecule has 2 heterocycles. The summed E-state index contributed by atoms with van der Waals surface area (Å²) in [6.07, 6.45) is 1.28. The van der Waals surface area contributed by atoms with Gasteiger partial charge in [-0.05, 0) is 25.0 Å². The van der Waals surface area contributed by atoms with Crippen molar-refractivity contribution in [1.29, 1.82) is 0 Å². The predicted octanol–water partition coefficient (Wildman–Crippen LogP) is 1.38. The fourth-order valence-corrected chi connectivity index (χ4v) is 2.76. The lowest BCUT2D eigenvalue weighted by Crippen LogP contribution is -2.49. The molecule has 1 amide bonds. The highest BCUT2D eigenvalue weighted by Gasteiger charge is 2.37. The van der Waals surface area contributed by atoms with Crippen molar-refractivity contribution >= 4 is 11.9 Å². The molecule has 0 radical (unpaired) electrons. The van der Waals surface area contributed by atoms with Crippen LogP contribution in [-0.4, -0.2) is 41.1 Å². The maximum atomic E-state index is 12.5. The summed E-state index contributed by atoms with van der Waals surface area (Å²) >= 11 is 0. The number of carboxylic acids is 1. The van der Waals surface area contributed by atoms with E-state index in [1.54, 1.807) is 23.1 Å². The Morgan fingerprint density at radius 1 is 1.32 bits per heavy atom. The Kier molecular flexibility index (Phi) is 2.89. The van der Waals surface area contributed by atoms with Crippen LogP contribution in [0.15, 0.2) is 24.3 Å². The molecular formula is C14H15NO4. The van der Waals surface area contributed by atoms with E-state index in [1.165, 1.54) is 0 Å². The average Bonchev–Trinajstić information content (AvgIpc) is 2.57. The third kappa shape index (κ3) is 2.05. The van der Waals surface area contributed by atoms with Gasteiger partial charge < -0.3 is 14.7 Å². The number of benzene rings is 1. The first-order valence-electron chi connectivity index (χ1n) is 6.42. The summed E-state index contributed by atoms with van der Waals surface area (Å²) in [5.74, 6) is -0.826. The molecule has 2 aliphatic heterocycles. The summed E-state index contributed by atoms with van der Waals surface area (Å²) in [6, 6.07) is 7.11. The zero-order valence-corrected chi connectivity index (χ0v) is 10.4. The molecule has 1 fully saturated rings. The van der Waals surface area contributed by atoms with Crippen LogP contribution >= 0.6 is 0 Å². The van der Waals surface area contributed by atoms with E-state index in [2.05, 4.69) is 0 Å². The number of rotatable bonds is 1. The predicted molar refractivity (Wildman–Crippen MR) is 67.1 cm³/mol. The van der Waals surface area contributed by atoms with Gasteiger partial charge in [0.2, 0.25) is 0 Å². The molecular weight excluding hydrogens is 246 g/mol. The number of carbonyl (C=O) groups is 2. The van der Waals surface area contributed by atoms with Crippen molar-refractivity contribution in [2.24, 2.45) is 5.92 Å². The van der Waals surface area contributed by atoms with Gasteiger partial charge in [-0.2, -0.15) is 0 Å². The van der Waals surface area contributed by atoms with E-state index in [1.807, 2.05) is 6.07 Å².